The molecule has 0 spiro atoms. The molecular formula is C16H13ClO2. The van der Waals surface area contributed by atoms with Crippen molar-refractivity contribution in [3.63, 3.8) is 0 Å². The van der Waals surface area contributed by atoms with Crippen LogP contribution in [-0.2, 0) is 4.79 Å². The maximum Gasteiger partial charge on any atom is 0.315 e. The highest BCUT2D eigenvalue weighted by Gasteiger charge is 2.01. The highest BCUT2D eigenvalue weighted by molar-refractivity contribution is 6.30. The van der Waals surface area contributed by atoms with E-state index in [0.29, 0.717) is 10.8 Å². The van der Waals surface area contributed by atoms with Crippen LogP contribution in [0.3, 0.4) is 0 Å². The zero-order valence-corrected chi connectivity index (χ0v) is 11.0. The molecule has 2 rings (SSSR count). The summed E-state index contributed by atoms with van der Waals surface area (Å²) in [6, 6.07) is 16.4. The number of halogens is 1. The van der Waals surface area contributed by atoms with Gasteiger partial charge in [-0.25, -0.2) is 0 Å². The van der Waals surface area contributed by atoms with Crippen LogP contribution in [0.4, 0.5) is 0 Å². The predicted octanol–water partition coefficient (Wildman–Crippen LogP) is 4.35. The Morgan fingerprint density at radius 1 is 1.05 bits per heavy atom. The van der Waals surface area contributed by atoms with Gasteiger partial charge in [0, 0.05) is 5.02 Å². The van der Waals surface area contributed by atoms with Crippen molar-refractivity contribution in [2.24, 2.45) is 0 Å². The minimum Gasteiger partial charge on any atom is -0.426 e. The van der Waals surface area contributed by atoms with E-state index in [0.717, 1.165) is 5.56 Å². The first-order valence-electron chi connectivity index (χ1n) is 5.92. The SMILES string of the molecule is O=C(C/C=C/c1ccc(Cl)cc1)Oc1ccccc1. The number of ether oxygens (including phenoxy) is 1. The van der Waals surface area contributed by atoms with Crippen molar-refractivity contribution < 1.29 is 9.53 Å². The van der Waals surface area contributed by atoms with E-state index in [1.807, 2.05) is 48.5 Å². The monoisotopic (exact) mass is 272 g/mol. The van der Waals surface area contributed by atoms with E-state index in [4.69, 9.17) is 16.3 Å². The Morgan fingerprint density at radius 3 is 2.42 bits per heavy atom. The van der Waals surface area contributed by atoms with Gasteiger partial charge in [-0.3, -0.25) is 4.79 Å². The number of rotatable bonds is 4. The van der Waals surface area contributed by atoms with Crippen LogP contribution in [0.2, 0.25) is 5.02 Å². The molecule has 0 bridgehead atoms. The third-order valence-electron chi connectivity index (χ3n) is 2.44. The molecule has 0 aliphatic rings. The van der Waals surface area contributed by atoms with Gasteiger partial charge in [-0.05, 0) is 29.8 Å². The molecule has 0 saturated heterocycles. The van der Waals surface area contributed by atoms with Crippen molar-refractivity contribution in [3.8, 4) is 5.75 Å². The standard InChI is InChI=1S/C16H13ClO2/c17-14-11-9-13(10-12-14)5-4-8-16(18)19-15-6-2-1-3-7-15/h1-7,9-12H,8H2/b5-4+. The van der Waals surface area contributed by atoms with Crippen molar-refractivity contribution in [1.82, 2.24) is 0 Å². The third kappa shape index (κ3) is 4.60. The normalized spacial score (nSPS) is 10.6. The average molecular weight is 273 g/mol. The Morgan fingerprint density at radius 2 is 1.74 bits per heavy atom. The number of para-hydroxylation sites is 1. The molecule has 19 heavy (non-hydrogen) atoms. The molecule has 96 valence electrons. The van der Waals surface area contributed by atoms with E-state index >= 15 is 0 Å². The van der Waals surface area contributed by atoms with Gasteiger partial charge in [0.2, 0.25) is 0 Å². The number of hydrogen-bond donors (Lipinski definition) is 0. The van der Waals surface area contributed by atoms with Gasteiger partial charge in [0.1, 0.15) is 5.75 Å². The Hall–Kier alpha value is -2.06. The van der Waals surface area contributed by atoms with Gasteiger partial charge in [0.15, 0.2) is 0 Å². The van der Waals surface area contributed by atoms with Gasteiger partial charge >= 0.3 is 5.97 Å². The molecule has 0 N–H and O–H groups in total. The van der Waals surface area contributed by atoms with Crippen molar-refractivity contribution in [2.45, 2.75) is 6.42 Å². The largest absolute Gasteiger partial charge is 0.426 e. The number of hydrogen-bond acceptors (Lipinski definition) is 2. The lowest BCUT2D eigenvalue weighted by atomic mass is 10.2. The maximum atomic E-state index is 11.6. The Kier molecular flexibility index (Phi) is 4.76. The van der Waals surface area contributed by atoms with Gasteiger partial charge in [0.25, 0.3) is 0 Å². The number of esters is 1. The lowest BCUT2D eigenvalue weighted by Crippen LogP contribution is -2.05. The third-order valence-corrected chi connectivity index (χ3v) is 2.69. The van der Waals surface area contributed by atoms with Crippen LogP contribution in [0, 0.1) is 0 Å². The average Bonchev–Trinajstić information content (AvgIpc) is 2.42. The minimum atomic E-state index is -0.281. The minimum absolute atomic E-state index is 0.234. The van der Waals surface area contributed by atoms with E-state index in [1.165, 1.54) is 0 Å². The topological polar surface area (TPSA) is 26.3 Å². The lowest BCUT2D eigenvalue weighted by molar-refractivity contribution is -0.133. The first kappa shape index (κ1) is 13.4. The zero-order valence-electron chi connectivity index (χ0n) is 10.3. The molecule has 2 nitrogen and oxygen atoms in total. The Bertz CT molecular complexity index is 559. The molecule has 2 aromatic rings. The summed E-state index contributed by atoms with van der Waals surface area (Å²) >= 11 is 5.79. The van der Waals surface area contributed by atoms with E-state index in [1.54, 1.807) is 18.2 Å². The fourth-order valence-electron chi connectivity index (χ4n) is 1.53. The molecule has 2 aromatic carbocycles. The second kappa shape index (κ2) is 6.76. The highest BCUT2D eigenvalue weighted by Crippen LogP contribution is 2.12. The smallest absolute Gasteiger partial charge is 0.315 e. The molecule has 0 radical (unpaired) electrons. The van der Waals surface area contributed by atoms with Gasteiger partial charge in [-0.15, -0.1) is 0 Å². The van der Waals surface area contributed by atoms with E-state index in [2.05, 4.69) is 0 Å². The zero-order chi connectivity index (χ0) is 13.5. The molecule has 0 aliphatic heterocycles. The maximum absolute atomic E-state index is 11.6. The van der Waals surface area contributed by atoms with E-state index < -0.39 is 0 Å². The summed E-state index contributed by atoms with van der Waals surface area (Å²) in [6.07, 6.45) is 3.87. The summed E-state index contributed by atoms with van der Waals surface area (Å²) in [7, 11) is 0. The van der Waals surface area contributed by atoms with Crippen LogP contribution >= 0.6 is 11.6 Å². The van der Waals surface area contributed by atoms with Gasteiger partial charge in [0.05, 0.1) is 6.42 Å². The van der Waals surface area contributed by atoms with Crippen LogP contribution in [0.25, 0.3) is 6.08 Å². The first-order valence-corrected chi connectivity index (χ1v) is 6.30. The Balaban J connectivity index is 1.85. The fourth-order valence-corrected chi connectivity index (χ4v) is 1.65. The summed E-state index contributed by atoms with van der Waals surface area (Å²) in [5.74, 6) is 0.281. The van der Waals surface area contributed by atoms with Gasteiger partial charge in [-0.1, -0.05) is 54.1 Å². The number of carbonyl (C=O) groups is 1. The molecule has 0 aromatic heterocycles. The highest BCUT2D eigenvalue weighted by atomic mass is 35.5. The van der Waals surface area contributed by atoms with Crippen LogP contribution in [0.5, 0.6) is 5.75 Å². The molecule has 0 heterocycles. The van der Waals surface area contributed by atoms with Gasteiger partial charge in [-0.2, -0.15) is 0 Å². The molecule has 0 fully saturated rings. The van der Waals surface area contributed by atoms with Crippen LogP contribution < -0.4 is 4.74 Å². The first-order chi connectivity index (χ1) is 9.24. The quantitative estimate of drug-likeness (QED) is 0.611. The second-order valence-corrected chi connectivity index (χ2v) is 4.38. The molecule has 0 unspecified atom stereocenters. The van der Waals surface area contributed by atoms with E-state index in [9.17, 15) is 4.79 Å². The predicted molar refractivity (Wildman–Crippen MR) is 77.2 cm³/mol. The second-order valence-electron chi connectivity index (χ2n) is 3.95. The summed E-state index contributed by atoms with van der Waals surface area (Å²) in [4.78, 5) is 11.6. The molecule has 0 amide bonds. The van der Waals surface area contributed by atoms with Crippen LogP contribution in [-0.4, -0.2) is 5.97 Å². The summed E-state index contributed by atoms with van der Waals surface area (Å²) in [5, 5.41) is 0.695. The van der Waals surface area contributed by atoms with Crippen LogP contribution in [0.15, 0.2) is 60.7 Å². The number of carbonyl (C=O) groups excluding carboxylic acids is 1. The summed E-state index contributed by atoms with van der Waals surface area (Å²) < 4.78 is 5.16. The van der Waals surface area contributed by atoms with Gasteiger partial charge < -0.3 is 4.74 Å². The fraction of sp³-hybridized carbons (Fsp3) is 0.0625. The van der Waals surface area contributed by atoms with E-state index in [-0.39, 0.29) is 12.4 Å². The molecule has 0 aliphatic carbocycles. The summed E-state index contributed by atoms with van der Waals surface area (Å²) in [6.45, 7) is 0. The number of benzene rings is 2. The lowest BCUT2D eigenvalue weighted by Gasteiger charge is -2.01. The van der Waals surface area contributed by atoms with Crippen molar-refractivity contribution >= 4 is 23.6 Å². The summed E-state index contributed by atoms with van der Waals surface area (Å²) in [5.41, 5.74) is 0.997. The van der Waals surface area contributed by atoms with Crippen molar-refractivity contribution in [2.75, 3.05) is 0 Å². The Labute approximate surface area is 117 Å². The van der Waals surface area contributed by atoms with Crippen LogP contribution in [0.1, 0.15) is 12.0 Å². The van der Waals surface area contributed by atoms with Crippen molar-refractivity contribution in [1.29, 1.82) is 0 Å². The molecule has 0 saturated carbocycles. The van der Waals surface area contributed by atoms with Crippen molar-refractivity contribution in [3.05, 3.63) is 71.3 Å². The molecule has 0 atom stereocenters. The molecule has 3 heteroatoms. The molecular weight excluding hydrogens is 260 g/mol.